The molecule has 2 atom stereocenters. The minimum Gasteiger partial charge on any atom is -0.493 e. The van der Waals surface area contributed by atoms with E-state index in [9.17, 15) is 14.4 Å². The van der Waals surface area contributed by atoms with Gasteiger partial charge in [-0.05, 0) is 54.4 Å². The molecule has 0 saturated carbocycles. The molecule has 2 amide bonds. The zero-order chi connectivity index (χ0) is 21.7. The van der Waals surface area contributed by atoms with Crippen LogP contribution in [0.2, 0.25) is 0 Å². The van der Waals surface area contributed by atoms with E-state index in [0.717, 1.165) is 0 Å². The number of carbonyl (C=O) groups excluding carboxylic acids is 3. The number of halogens is 1. The SMILES string of the molecule is CCOC(=O)[C@@H](C)Oc1c(Br)cc([C@H]2NC(=O)NC(C)=C2C(=O)OC)cc1OC. The number of hydrogen-bond donors (Lipinski definition) is 2. The van der Waals surface area contributed by atoms with Gasteiger partial charge in [0.15, 0.2) is 17.6 Å². The summed E-state index contributed by atoms with van der Waals surface area (Å²) in [5.74, 6) is -0.494. The fourth-order valence-corrected chi connectivity index (χ4v) is 3.38. The minimum atomic E-state index is -0.864. The Bertz CT molecular complexity index is 853. The van der Waals surface area contributed by atoms with Gasteiger partial charge < -0.3 is 29.6 Å². The molecule has 1 aromatic rings. The molecule has 9 nitrogen and oxygen atoms in total. The first-order chi connectivity index (χ1) is 13.7. The van der Waals surface area contributed by atoms with E-state index < -0.39 is 30.1 Å². The minimum absolute atomic E-state index is 0.237. The predicted molar refractivity (Wildman–Crippen MR) is 107 cm³/mol. The van der Waals surface area contributed by atoms with Crippen LogP contribution in [-0.4, -0.2) is 44.9 Å². The highest BCUT2D eigenvalue weighted by atomic mass is 79.9. The normalized spacial score (nSPS) is 17.0. The second-order valence-corrected chi connectivity index (χ2v) is 6.96. The van der Waals surface area contributed by atoms with Crippen LogP contribution in [0, 0.1) is 0 Å². The summed E-state index contributed by atoms with van der Waals surface area (Å²) < 4.78 is 21.4. The monoisotopic (exact) mass is 470 g/mol. The van der Waals surface area contributed by atoms with Crippen LogP contribution in [0.25, 0.3) is 0 Å². The van der Waals surface area contributed by atoms with Crippen LogP contribution in [0.4, 0.5) is 4.79 Å². The Kier molecular flexibility index (Phi) is 7.49. The standard InChI is InChI=1S/C19H23BrN2O7/c1-6-28-17(23)10(3)29-16-12(20)7-11(8-13(16)26-4)15-14(18(24)27-5)9(2)21-19(25)22-15/h7-8,10,15H,6H2,1-5H3,(H2,21,22,25)/t10-,15-/m1/s1. The van der Waals surface area contributed by atoms with Crippen molar-refractivity contribution in [1.82, 2.24) is 10.6 Å². The van der Waals surface area contributed by atoms with Gasteiger partial charge >= 0.3 is 18.0 Å². The third-order valence-corrected chi connectivity index (χ3v) is 4.76. The van der Waals surface area contributed by atoms with Crippen LogP contribution in [0.5, 0.6) is 11.5 Å². The summed E-state index contributed by atoms with van der Waals surface area (Å²) in [6.07, 6.45) is -0.864. The second-order valence-electron chi connectivity index (χ2n) is 6.11. The lowest BCUT2D eigenvalue weighted by molar-refractivity contribution is -0.150. The van der Waals surface area contributed by atoms with Gasteiger partial charge in [-0.25, -0.2) is 14.4 Å². The van der Waals surface area contributed by atoms with E-state index in [2.05, 4.69) is 26.6 Å². The fourth-order valence-electron chi connectivity index (χ4n) is 2.83. The summed E-state index contributed by atoms with van der Waals surface area (Å²) in [5, 5.41) is 5.26. The largest absolute Gasteiger partial charge is 0.493 e. The zero-order valence-corrected chi connectivity index (χ0v) is 18.3. The predicted octanol–water partition coefficient (Wildman–Crippen LogP) is 2.59. The average Bonchev–Trinajstić information content (AvgIpc) is 2.68. The van der Waals surface area contributed by atoms with Gasteiger partial charge in [0.05, 0.1) is 36.9 Å². The molecule has 29 heavy (non-hydrogen) atoms. The molecule has 0 unspecified atom stereocenters. The van der Waals surface area contributed by atoms with E-state index in [1.807, 2.05) is 0 Å². The number of amides is 2. The molecular formula is C19H23BrN2O7. The highest BCUT2D eigenvalue weighted by molar-refractivity contribution is 9.10. The van der Waals surface area contributed by atoms with E-state index in [4.69, 9.17) is 18.9 Å². The molecule has 1 heterocycles. The van der Waals surface area contributed by atoms with Crippen molar-refractivity contribution < 1.29 is 33.3 Å². The Morgan fingerprint density at radius 3 is 2.55 bits per heavy atom. The maximum Gasteiger partial charge on any atom is 0.347 e. The van der Waals surface area contributed by atoms with Crippen LogP contribution in [0.1, 0.15) is 32.4 Å². The van der Waals surface area contributed by atoms with Crippen molar-refractivity contribution in [3.63, 3.8) is 0 Å². The van der Waals surface area contributed by atoms with Crippen LogP contribution in [0.15, 0.2) is 27.9 Å². The molecule has 1 aromatic carbocycles. The summed E-state index contributed by atoms with van der Waals surface area (Å²) >= 11 is 3.41. The van der Waals surface area contributed by atoms with Gasteiger partial charge in [-0.15, -0.1) is 0 Å². The van der Waals surface area contributed by atoms with Crippen LogP contribution >= 0.6 is 15.9 Å². The summed E-state index contributed by atoms with van der Waals surface area (Å²) in [4.78, 5) is 36.1. The average molecular weight is 471 g/mol. The van der Waals surface area contributed by atoms with E-state index in [0.29, 0.717) is 21.5 Å². The molecule has 0 fully saturated rings. The third-order valence-electron chi connectivity index (χ3n) is 4.17. The van der Waals surface area contributed by atoms with E-state index in [1.54, 1.807) is 32.9 Å². The summed E-state index contributed by atoms with van der Waals surface area (Å²) in [7, 11) is 2.71. The summed E-state index contributed by atoms with van der Waals surface area (Å²) in [5.41, 5.74) is 1.20. The molecule has 1 aliphatic rings. The Balaban J connectivity index is 2.46. The van der Waals surface area contributed by atoms with Crippen molar-refractivity contribution in [1.29, 1.82) is 0 Å². The van der Waals surface area contributed by atoms with E-state index >= 15 is 0 Å². The van der Waals surface area contributed by atoms with Gasteiger partial charge in [0, 0.05) is 5.70 Å². The molecule has 0 aliphatic carbocycles. The molecule has 0 saturated heterocycles. The van der Waals surface area contributed by atoms with Crippen molar-refractivity contribution in [2.75, 3.05) is 20.8 Å². The molecule has 0 bridgehead atoms. The molecule has 0 radical (unpaired) electrons. The van der Waals surface area contributed by atoms with Crippen molar-refractivity contribution in [2.45, 2.75) is 32.9 Å². The van der Waals surface area contributed by atoms with E-state index in [-0.39, 0.29) is 17.9 Å². The number of carbonyl (C=O) groups is 3. The molecule has 0 spiro atoms. The molecule has 2 N–H and O–H groups in total. The van der Waals surface area contributed by atoms with Crippen LogP contribution in [-0.2, 0) is 19.1 Å². The van der Waals surface area contributed by atoms with Gasteiger partial charge in [0.1, 0.15) is 0 Å². The third kappa shape index (κ3) is 5.00. The van der Waals surface area contributed by atoms with Gasteiger partial charge in [-0.1, -0.05) is 0 Å². The van der Waals surface area contributed by atoms with Crippen molar-refractivity contribution in [2.24, 2.45) is 0 Å². The molecule has 1 aliphatic heterocycles. The first-order valence-corrected chi connectivity index (χ1v) is 9.60. The lowest BCUT2D eigenvalue weighted by Crippen LogP contribution is -2.45. The lowest BCUT2D eigenvalue weighted by atomic mass is 9.95. The molecule has 0 aromatic heterocycles. The number of hydrogen-bond acceptors (Lipinski definition) is 7. The van der Waals surface area contributed by atoms with E-state index in [1.165, 1.54) is 14.2 Å². The highest BCUT2D eigenvalue weighted by Crippen LogP contribution is 2.40. The highest BCUT2D eigenvalue weighted by Gasteiger charge is 2.33. The fraction of sp³-hybridized carbons (Fsp3) is 0.421. The van der Waals surface area contributed by atoms with Crippen LogP contribution in [0.3, 0.4) is 0 Å². The summed E-state index contributed by atoms with van der Waals surface area (Å²) in [6, 6.07) is 2.07. The number of nitrogens with one attached hydrogen (secondary N) is 2. The number of rotatable bonds is 7. The lowest BCUT2D eigenvalue weighted by Gasteiger charge is -2.28. The maximum atomic E-state index is 12.3. The van der Waals surface area contributed by atoms with Gasteiger partial charge in [-0.3, -0.25) is 0 Å². The zero-order valence-electron chi connectivity index (χ0n) is 16.8. The molecule has 158 valence electrons. The Morgan fingerprint density at radius 1 is 1.28 bits per heavy atom. The molecule has 2 rings (SSSR count). The summed E-state index contributed by atoms with van der Waals surface area (Å²) in [6.45, 7) is 5.12. The number of ether oxygens (including phenoxy) is 4. The smallest absolute Gasteiger partial charge is 0.347 e. The maximum absolute atomic E-state index is 12.3. The van der Waals surface area contributed by atoms with Gasteiger partial charge in [0.2, 0.25) is 0 Å². The van der Waals surface area contributed by atoms with Crippen LogP contribution < -0.4 is 20.1 Å². The van der Waals surface area contributed by atoms with Crippen molar-refractivity contribution in [3.8, 4) is 11.5 Å². The Hall–Kier alpha value is -2.75. The number of benzene rings is 1. The number of esters is 2. The Morgan fingerprint density at radius 2 is 1.97 bits per heavy atom. The second kappa shape index (κ2) is 9.64. The first-order valence-electron chi connectivity index (χ1n) is 8.80. The number of urea groups is 1. The first kappa shape index (κ1) is 22.5. The van der Waals surface area contributed by atoms with Gasteiger partial charge in [-0.2, -0.15) is 0 Å². The quantitative estimate of drug-likeness (QED) is 0.588. The number of allylic oxidation sites excluding steroid dienone is 1. The Labute approximate surface area is 176 Å². The number of methoxy groups -OCH3 is 2. The van der Waals surface area contributed by atoms with Crippen molar-refractivity contribution >= 4 is 33.9 Å². The topological polar surface area (TPSA) is 112 Å². The van der Waals surface area contributed by atoms with Gasteiger partial charge in [0.25, 0.3) is 0 Å². The molecular weight excluding hydrogens is 448 g/mol. The van der Waals surface area contributed by atoms with Crippen molar-refractivity contribution in [3.05, 3.63) is 33.4 Å². The molecule has 10 heteroatoms.